The zero-order valence-electron chi connectivity index (χ0n) is 13.4. The molecule has 0 bridgehead atoms. The van der Waals surface area contributed by atoms with Gasteiger partial charge in [-0.25, -0.2) is 0 Å². The largest absolute Gasteiger partial charge is 0.0683 e. The lowest BCUT2D eigenvalue weighted by atomic mass is 9.84. The van der Waals surface area contributed by atoms with Gasteiger partial charge in [-0.15, -0.1) is 0 Å². The van der Waals surface area contributed by atoms with Crippen molar-refractivity contribution in [2.24, 2.45) is 5.41 Å². The molecule has 0 aromatic heterocycles. The molecule has 0 aromatic rings. The summed E-state index contributed by atoms with van der Waals surface area (Å²) in [6.07, 6.45) is 9.48. The standard InChI is InChI=1S/C9H20.C5H12.C2H6/c1-5-7-9(3,4)8-6-2;1-3-5-4-2;1-2/h5-8H2,1-4H3;3-5H2,1-2H3;1-2H3. The lowest BCUT2D eigenvalue weighted by Crippen LogP contribution is -2.09. The molecule has 0 heterocycles. The van der Waals surface area contributed by atoms with Gasteiger partial charge in [-0.05, 0) is 18.3 Å². The van der Waals surface area contributed by atoms with E-state index in [0.29, 0.717) is 5.41 Å². The van der Waals surface area contributed by atoms with E-state index in [4.69, 9.17) is 0 Å². The first-order valence-electron chi connectivity index (χ1n) is 7.54. The van der Waals surface area contributed by atoms with E-state index in [2.05, 4.69) is 41.5 Å². The Morgan fingerprint density at radius 2 is 0.938 bits per heavy atom. The Bertz CT molecular complexity index is 82.2. The van der Waals surface area contributed by atoms with Crippen LogP contribution in [-0.4, -0.2) is 0 Å². The van der Waals surface area contributed by atoms with Crippen molar-refractivity contribution in [3.05, 3.63) is 0 Å². The molecule has 0 saturated carbocycles. The summed E-state index contributed by atoms with van der Waals surface area (Å²) in [6, 6.07) is 0. The molecule has 0 aromatic carbocycles. The summed E-state index contributed by atoms with van der Waals surface area (Å²) in [5.41, 5.74) is 0.601. The summed E-state index contributed by atoms with van der Waals surface area (Å²) in [6.45, 7) is 17.7. The molecule has 0 fully saturated rings. The third-order valence-electron chi connectivity index (χ3n) is 2.56. The van der Waals surface area contributed by atoms with Crippen LogP contribution in [0.2, 0.25) is 0 Å². The smallest absolute Gasteiger partial charge is 0.0354 e. The minimum absolute atomic E-state index is 0.601. The van der Waals surface area contributed by atoms with Crippen molar-refractivity contribution in [3.8, 4) is 0 Å². The molecule has 0 aliphatic carbocycles. The lowest BCUT2D eigenvalue weighted by molar-refractivity contribution is 0.301. The Morgan fingerprint density at radius 3 is 1.06 bits per heavy atom. The predicted octanol–water partition coefficient (Wildman–Crippen LogP) is 6.84. The molecule has 0 unspecified atom stereocenters. The van der Waals surface area contributed by atoms with Crippen LogP contribution in [0.25, 0.3) is 0 Å². The highest BCUT2D eigenvalue weighted by Gasteiger charge is 2.13. The maximum Gasteiger partial charge on any atom is -0.0354 e. The first-order valence-corrected chi connectivity index (χ1v) is 7.54. The predicted molar refractivity (Wildman–Crippen MR) is 80.1 cm³/mol. The number of unbranched alkanes of at least 4 members (excludes halogenated alkanes) is 2. The second-order valence-electron chi connectivity index (χ2n) is 5.02. The maximum absolute atomic E-state index is 2.36. The van der Waals surface area contributed by atoms with Crippen molar-refractivity contribution in [1.29, 1.82) is 0 Å². The molecule has 0 radical (unpaired) electrons. The molecule has 0 N–H and O–H groups in total. The third kappa shape index (κ3) is 23.7. The summed E-state index contributed by atoms with van der Waals surface area (Å²) < 4.78 is 0. The fraction of sp³-hybridized carbons (Fsp3) is 1.00. The van der Waals surface area contributed by atoms with E-state index in [-0.39, 0.29) is 0 Å². The number of hydrogen-bond donors (Lipinski definition) is 0. The van der Waals surface area contributed by atoms with E-state index in [0.717, 1.165) is 0 Å². The third-order valence-corrected chi connectivity index (χ3v) is 2.56. The monoisotopic (exact) mass is 230 g/mol. The molecule has 0 amide bonds. The molecule has 0 saturated heterocycles. The molecule has 0 rings (SSSR count). The molecule has 0 spiro atoms. The van der Waals surface area contributed by atoms with Gasteiger partial charge in [0.25, 0.3) is 0 Å². The SMILES string of the molecule is CC.CCCC(C)(C)CCC.CCCCC. The van der Waals surface area contributed by atoms with Gasteiger partial charge in [0, 0.05) is 0 Å². The van der Waals surface area contributed by atoms with Crippen LogP contribution in [0.5, 0.6) is 0 Å². The van der Waals surface area contributed by atoms with Crippen molar-refractivity contribution in [2.45, 2.75) is 100 Å². The highest BCUT2D eigenvalue weighted by molar-refractivity contribution is 4.66. The maximum atomic E-state index is 2.36. The average Bonchev–Trinajstić information content (AvgIpc) is 2.22. The fourth-order valence-corrected chi connectivity index (χ4v) is 1.83. The molecule has 0 nitrogen and oxygen atoms in total. The van der Waals surface area contributed by atoms with Crippen molar-refractivity contribution < 1.29 is 0 Å². The van der Waals surface area contributed by atoms with Crippen LogP contribution in [0.1, 0.15) is 100 Å². The Balaban J connectivity index is -0.000000205. The summed E-state index contributed by atoms with van der Waals surface area (Å²) in [5, 5.41) is 0. The van der Waals surface area contributed by atoms with E-state index in [1.54, 1.807) is 0 Å². The van der Waals surface area contributed by atoms with Gasteiger partial charge in [-0.2, -0.15) is 0 Å². The van der Waals surface area contributed by atoms with E-state index in [1.165, 1.54) is 44.9 Å². The zero-order chi connectivity index (χ0) is 13.4. The van der Waals surface area contributed by atoms with Crippen molar-refractivity contribution in [2.75, 3.05) is 0 Å². The van der Waals surface area contributed by atoms with Crippen LogP contribution >= 0.6 is 0 Å². The first-order chi connectivity index (χ1) is 7.54. The molecule has 0 aliphatic heterocycles. The van der Waals surface area contributed by atoms with Gasteiger partial charge in [0.05, 0.1) is 0 Å². The molecular weight excluding hydrogens is 192 g/mol. The molecular formula is C16H38. The van der Waals surface area contributed by atoms with Gasteiger partial charge in [-0.1, -0.05) is 87.5 Å². The van der Waals surface area contributed by atoms with Crippen LogP contribution in [0, 0.1) is 5.41 Å². The summed E-state index contributed by atoms with van der Waals surface area (Å²) in [4.78, 5) is 0. The quantitative estimate of drug-likeness (QED) is 0.469. The summed E-state index contributed by atoms with van der Waals surface area (Å²) in [7, 11) is 0. The normalized spacial score (nSPS) is 9.75. The topological polar surface area (TPSA) is 0 Å². The van der Waals surface area contributed by atoms with Crippen LogP contribution < -0.4 is 0 Å². The van der Waals surface area contributed by atoms with E-state index >= 15 is 0 Å². The van der Waals surface area contributed by atoms with E-state index < -0.39 is 0 Å². The summed E-state index contributed by atoms with van der Waals surface area (Å²) in [5.74, 6) is 0. The number of rotatable bonds is 6. The molecule has 0 atom stereocenters. The highest BCUT2D eigenvalue weighted by Crippen LogP contribution is 2.27. The van der Waals surface area contributed by atoms with Gasteiger partial charge in [-0.3, -0.25) is 0 Å². The number of hydrogen-bond acceptors (Lipinski definition) is 0. The zero-order valence-corrected chi connectivity index (χ0v) is 13.4. The summed E-state index contributed by atoms with van der Waals surface area (Å²) >= 11 is 0. The van der Waals surface area contributed by atoms with Crippen LogP contribution in [0.4, 0.5) is 0 Å². The Morgan fingerprint density at radius 1 is 0.625 bits per heavy atom. The second kappa shape index (κ2) is 17.4. The van der Waals surface area contributed by atoms with Gasteiger partial charge >= 0.3 is 0 Å². The molecule has 0 heteroatoms. The molecule has 16 heavy (non-hydrogen) atoms. The van der Waals surface area contributed by atoms with Crippen LogP contribution in [-0.2, 0) is 0 Å². The molecule has 102 valence electrons. The van der Waals surface area contributed by atoms with Gasteiger partial charge in [0.2, 0.25) is 0 Å². The van der Waals surface area contributed by atoms with Gasteiger partial charge in [0.1, 0.15) is 0 Å². The van der Waals surface area contributed by atoms with E-state index in [9.17, 15) is 0 Å². The average molecular weight is 230 g/mol. The van der Waals surface area contributed by atoms with Gasteiger partial charge < -0.3 is 0 Å². The van der Waals surface area contributed by atoms with Crippen molar-refractivity contribution >= 4 is 0 Å². The minimum atomic E-state index is 0.601. The fourth-order valence-electron chi connectivity index (χ4n) is 1.83. The van der Waals surface area contributed by atoms with Crippen LogP contribution in [0.15, 0.2) is 0 Å². The Hall–Kier alpha value is 0. The van der Waals surface area contributed by atoms with E-state index in [1.807, 2.05) is 13.8 Å². The van der Waals surface area contributed by atoms with Crippen LogP contribution in [0.3, 0.4) is 0 Å². The van der Waals surface area contributed by atoms with Gasteiger partial charge in [0.15, 0.2) is 0 Å². The second-order valence-corrected chi connectivity index (χ2v) is 5.02. The Labute approximate surface area is 106 Å². The minimum Gasteiger partial charge on any atom is -0.0683 e. The highest BCUT2D eigenvalue weighted by atomic mass is 14.2. The Kier molecular flexibility index (Phi) is 23.2. The lowest BCUT2D eigenvalue weighted by Gasteiger charge is -2.22. The van der Waals surface area contributed by atoms with Crippen molar-refractivity contribution in [3.63, 3.8) is 0 Å². The molecule has 0 aliphatic rings. The van der Waals surface area contributed by atoms with Crippen molar-refractivity contribution in [1.82, 2.24) is 0 Å². The first kappa shape index (κ1) is 21.3.